The Labute approximate surface area is 165 Å². The summed E-state index contributed by atoms with van der Waals surface area (Å²) in [7, 11) is 0. The molecule has 5 nitrogen and oxygen atoms in total. The number of thiazole rings is 1. The van der Waals surface area contributed by atoms with Gasteiger partial charge in [-0.05, 0) is 48.1 Å². The van der Waals surface area contributed by atoms with Gasteiger partial charge in [-0.25, -0.2) is 4.98 Å². The number of fused-ring (bicyclic) bond motifs is 1. The molecule has 1 aromatic carbocycles. The van der Waals surface area contributed by atoms with Gasteiger partial charge in [0.2, 0.25) is 5.91 Å². The first kappa shape index (κ1) is 17.9. The Morgan fingerprint density at radius 3 is 3.00 bits per heavy atom. The third-order valence-electron chi connectivity index (χ3n) is 4.76. The van der Waals surface area contributed by atoms with Crippen molar-refractivity contribution in [2.24, 2.45) is 0 Å². The standard InChI is InChI=1S/C20H19N3O2S2/c1-13-16(20(25)23-7-5-18-14(10-23)6-8-27-18)3-2-4-17(13)22-19(24)9-15-11-26-12-21-15/h2-4,6,8,11-12H,5,7,9-10H2,1H3,(H,22,24). The molecule has 3 heterocycles. The minimum absolute atomic E-state index is 0.0138. The van der Waals surface area contributed by atoms with Crippen molar-refractivity contribution in [3.8, 4) is 0 Å². The van der Waals surface area contributed by atoms with Crippen LogP contribution < -0.4 is 5.32 Å². The highest BCUT2D eigenvalue weighted by atomic mass is 32.1. The van der Waals surface area contributed by atoms with Gasteiger partial charge in [-0.15, -0.1) is 22.7 Å². The first-order valence-electron chi connectivity index (χ1n) is 8.73. The third kappa shape index (κ3) is 3.79. The lowest BCUT2D eigenvalue weighted by Gasteiger charge is -2.28. The lowest BCUT2D eigenvalue weighted by Crippen LogP contribution is -2.35. The number of benzene rings is 1. The summed E-state index contributed by atoms with van der Waals surface area (Å²) in [6.45, 7) is 3.26. The Morgan fingerprint density at radius 2 is 2.19 bits per heavy atom. The number of nitrogens with zero attached hydrogens (tertiary/aromatic N) is 2. The van der Waals surface area contributed by atoms with Gasteiger partial charge in [-0.3, -0.25) is 9.59 Å². The fourth-order valence-electron chi connectivity index (χ4n) is 3.28. The molecular weight excluding hydrogens is 378 g/mol. The second-order valence-electron chi connectivity index (χ2n) is 6.53. The van der Waals surface area contributed by atoms with Crippen LogP contribution in [-0.4, -0.2) is 28.2 Å². The summed E-state index contributed by atoms with van der Waals surface area (Å²) in [5, 5.41) is 6.86. The molecule has 2 aromatic heterocycles. The number of anilines is 1. The highest BCUT2D eigenvalue weighted by molar-refractivity contribution is 7.10. The molecule has 0 atom stereocenters. The number of hydrogen-bond donors (Lipinski definition) is 1. The van der Waals surface area contributed by atoms with E-state index in [9.17, 15) is 9.59 Å². The summed E-state index contributed by atoms with van der Waals surface area (Å²) < 4.78 is 0. The number of rotatable bonds is 4. The van der Waals surface area contributed by atoms with E-state index >= 15 is 0 Å². The molecule has 0 bridgehead atoms. The fraction of sp³-hybridized carbons (Fsp3) is 0.250. The van der Waals surface area contributed by atoms with Gasteiger partial charge < -0.3 is 10.2 Å². The van der Waals surface area contributed by atoms with E-state index in [-0.39, 0.29) is 18.2 Å². The molecule has 0 spiro atoms. The smallest absolute Gasteiger partial charge is 0.254 e. The number of carbonyl (C=O) groups is 2. The van der Waals surface area contributed by atoms with Crippen LogP contribution in [0.25, 0.3) is 0 Å². The van der Waals surface area contributed by atoms with Crippen molar-refractivity contribution in [3.63, 3.8) is 0 Å². The van der Waals surface area contributed by atoms with E-state index in [1.165, 1.54) is 21.8 Å². The predicted octanol–water partition coefficient (Wildman–Crippen LogP) is 3.89. The van der Waals surface area contributed by atoms with Crippen LogP contribution in [0.15, 0.2) is 40.5 Å². The summed E-state index contributed by atoms with van der Waals surface area (Å²) in [5.41, 5.74) is 5.82. The van der Waals surface area contributed by atoms with Crippen LogP contribution in [0.4, 0.5) is 5.69 Å². The number of hydrogen-bond acceptors (Lipinski definition) is 5. The lowest BCUT2D eigenvalue weighted by atomic mass is 10.0. The maximum Gasteiger partial charge on any atom is 0.254 e. The molecule has 27 heavy (non-hydrogen) atoms. The molecule has 1 aliphatic rings. The summed E-state index contributed by atoms with van der Waals surface area (Å²) in [6, 6.07) is 7.58. The molecule has 7 heteroatoms. The van der Waals surface area contributed by atoms with Crippen molar-refractivity contribution in [1.82, 2.24) is 9.88 Å². The summed E-state index contributed by atoms with van der Waals surface area (Å²) in [4.78, 5) is 32.7. The van der Waals surface area contributed by atoms with Crippen molar-refractivity contribution >= 4 is 40.2 Å². The van der Waals surface area contributed by atoms with Crippen molar-refractivity contribution in [2.75, 3.05) is 11.9 Å². The largest absolute Gasteiger partial charge is 0.334 e. The molecule has 138 valence electrons. The first-order valence-corrected chi connectivity index (χ1v) is 10.5. The molecule has 4 rings (SSSR count). The number of nitrogens with one attached hydrogen (secondary N) is 1. The van der Waals surface area contributed by atoms with E-state index in [0.29, 0.717) is 17.8 Å². The SMILES string of the molecule is Cc1c(NC(=O)Cc2cscn2)cccc1C(=O)N1CCc2sccc2C1. The number of aromatic nitrogens is 1. The molecule has 0 aliphatic carbocycles. The molecule has 0 radical (unpaired) electrons. The van der Waals surface area contributed by atoms with Crippen molar-refractivity contribution in [1.29, 1.82) is 0 Å². The highest BCUT2D eigenvalue weighted by Crippen LogP contribution is 2.27. The first-order chi connectivity index (χ1) is 13.1. The summed E-state index contributed by atoms with van der Waals surface area (Å²) >= 11 is 3.23. The second-order valence-corrected chi connectivity index (χ2v) is 8.25. The molecule has 1 N–H and O–H groups in total. The number of amides is 2. The van der Waals surface area contributed by atoms with Crippen molar-refractivity contribution < 1.29 is 9.59 Å². The average molecular weight is 398 g/mol. The van der Waals surface area contributed by atoms with Crippen molar-refractivity contribution in [3.05, 3.63) is 67.8 Å². The monoisotopic (exact) mass is 397 g/mol. The molecule has 0 saturated carbocycles. The highest BCUT2D eigenvalue weighted by Gasteiger charge is 2.24. The minimum atomic E-state index is -0.130. The van der Waals surface area contributed by atoms with Gasteiger partial charge in [0.1, 0.15) is 0 Å². The Morgan fingerprint density at radius 1 is 1.30 bits per heavy atom. The van der Waals surface area contributed by atoms with Crippen LogP contribution in [0.5, 0.6) is 0 Å². The van der Waals surface area contributed by atoms with Gasteiger partial charge >= 0.3 is 0 Å². The molecule has 3 aromatic rings. The van der Waals surface area contributed by atoms with E-state index in [1.807, 2.05) is 35.4 Å². The predicted molar refractivity (Wildman–Crippen MR) is 108 cm³/mol. The lowest BCUT2D eigenvalue weighted by molar-refractivity contribution is -0.115. The van der Waals surface area contributed by atoms with Crippen LogP contribution in [0.3, 0.4) is 0 Å². The maximum atomic E-state index is 13.1. The van der Waals surface area contributed by atoms with Crippen LogP contribution >= 0.6 is 22.7 Å². The van der Waals surface area contributed by atoms with Gasteiger partial charge in [-0.2, -0.15) is 0 Å². The van der Waals surface area contributed by atoms with Gasteiger partial charge in [-0.1, -0.05) is 6.07 Å². The zero-order valence-corrected chi connectivity index (χ0v) is 16.5. The molecule has 0 saturated heterocycles. The minimum Gasteiger partial charge on any atom is -0.334 e. The molecule has 2 amide bonds. The Kier molecular flexibility index (Phi) is 5.05. The van der Waals surface area contributed by atoms with Crippen LogP contribution in [0.2, 0.25) is 0 Å². The molecule has 0 unspecified atom stereocenters. The van der Waals surface area contributed by atoms with Gasteiger partial charge in [0, 0.05) is 34.6 Å². The van der Waals surface area contributed by atoms with E-state index in [4.69, 9.17) is 0 Å². The fourth-order valence-corrected chi connectivity index (χ4v) is 4.73. The third-order valence-corrected chi connectivity index (χ3v) is 6.42. The van der Waals surface area contributed by atoms with Gasteiger partial charge in [0.25, 0.3) is 5.91 Å². The zero-order valence-electron chi connectivity index (χ0n) is 14.9. The van der Waals surface area contributed by atoms with Crippen LogP contribution in [0.1, 0.15) is 32.1 Å². The second kappa shape index (κ2) is 7.62. The maximum absolute atomic E-state index is 13.1. The topological polar surface area (TPSA) is 62.3 Å². The van der Waals surface area contributed by atoms with Gasteiger partial charge in [0.15, 0.2) is 0 Å². The summed E-state index contributed by atoms with van der Waals surface area (Å²) in [5.74, 6) is -0.116. The molecule has 1 aliphatic heterocycles. The van der Waals surface area contributed by atoms with Crippen molar-refractivity contribution in [2.45, 2.75) is 26.3 Å². The van der Waals surface area contributed by atoms with Crippen LogP contribution in [0, 0.1) is 6.92 Å². The summed E-state index contributed by atoms with van der Waals surface area (Å²) in [6.07, 6.45) is 1.13. The Bertz CT molecular complexity index is 979. The molecular formula is C20H19N3O2S2. The normalized spacial score (nSPS) is 13.3. The van der Waals surface area contributed by atoms with Gasteiger partial charge in [0.05, 0.1) is 17.6 Å². The Hall–Kier alpha value is -2.51. The average Bonchev–Trinajstić information content (AvgIpc) is 3.33. The van der Waals surface area contributed by atoms with E-state index in [0.717, 1.165) is 24.2 Å². The number of carbonyl (C=O) groups excluding carboxylic acids is 2. The molecule has 0 fully saturated rings. The quantitative estimate of drug-likeness (QED) is 0.726. The number of thiophene rings is 1. The Balaban J connectivity index is 1.50. The van der Waals surface area contributed by atoms with Crippen LogP contribution in [-0.2, 0) is 24.2 Å². The van der Waals surface area contributed by atoms with E-state index in [1.54, 1.807) is 16.8 Å². The van der Waals surface area contributed by atoms with E-state index < -0.39 is 0 Å². The van der Waals surface area contributed by atoms with E-state index in [2.05, 4.69) is 21.7 Å². The zero-order chi connectivity index (χ0) is 18.8.